The lowest BCUT2D eigenvalue weighted by atomic mass is 9.91. The van der Waals surface area contributed by atoms with Crippen molar-refractivity contribution in [2.45, 2.75) is 18.9 Å². The third-order valence-electron chi connectivity index (χ3n) is 3.77. The summed E-state index contributed by atoms with van der Waals surface area (Å²) in [5.41, 5.74) is 7.59. The molecule has 4 nitrogen and oxygen atoms in total. The molecule has 0 saturated heterocycles. The van der Waals surface area contributed by atoms with E-state index in [2.05, 4.69) is 0 Å². The maximum atomic E-state index is 13.4. The van der Waals surface area contributed by atoms with Crippen LogP contribution in [0.5, 0.6) is 0 Å². The summed E-state index contributed by atoms with van der Waals surface area (Å²) in [5.74, 6) is -1.02. The smallest absolute Gasteiger partial charge is 0.250 e. The van der Waals surface area contributed by atoms with Crippen molar-refractivity contribution in [1.82, 2.24) is 4.57 Å². The second kappa shape index (κ2) is 4.49. The minimum absolute atomic E-state index is 0.0214. The first kappa shape index (κ1) is 12.4. The summed E-state index contributed by atoms with van der Waals surface area (Å²) in [6.07, 6.45) is 2.65. The van der Waals surface area contributed by atoms with Crippen molar-refractivity contribution < 1.29 is 9.18 Å². The molecule has 1 amide bonds. The lowest BCUT2D eigenvalue weighted by molar-refractivity contribution is 0.0999. The van der Waals surface area contributed by atoms with Crippen LogP contribution in [0, 0.1) is 17.1 Å². The molecule has 1 aliphatic heterocycles. The zero-order chi connectivity index (χ0) is 14.3. The van der Waals surface area contributed by atoms with Gasteiger partial charge in [-0.2, -0.15) is 5.26 Å². The van der Waals surface area contributed by atoms with E-state index in [0.29, 0.717) is 5.56 Å². The third-order valence-corrected chi connectivity index (χ3v) is 3.77. The minimum atomic E-state index is -0.528. The highest BCUT2D eigenvalue weighted by molar-refractivity contribution is 5.94. The van der Waals surface area contributed by atoms with Crippen LogP contribution in [0.1, 0.15) is 39.5 Å². The topological polar surface area (TPSA) is 71.8 Å². The number of nitrogens with zero attached hydrogens (tertiary/aromatic N) is 2. The van der Waals surface area contributed by atoms with Gasteiger partial charge < -0.3 is 10.3 Å². The molecule has 1 aliphatic rings. The van der Waals surface area contributed by atoms with Gasteiger partial charge in [-0.25, -0.2) is 4.39 Å². The Morgan fingerprint density at radius 2 is 2.25 bits per heavy atom. The fourth-order valence-electron chi connectivity index (χ4n) is 2.85. The van der Waals surface area contributed by atoms with Crippen LogP contribution in [-0.4, -0.2) is 10.5 Å². The summed E-state index contributed by atoms with van der Waals surface area (Å²) >= 11 is 0. The zero-order valence-electron chi connectivity index (χ0n) is 10.6. The van der Waals surface area contributed by atoms with Gasteiger partial charge in [0, 0.05) is 24.4 Å². The molecule has 3 rings (SSSR count). The van der Waals surface area contributed by atoms with Gasteiger partial charge in [-0.3, -0.25) is 4.79 Å². The van der Waals surface area contributed by atoms with E-state index in [1.165, 1.54) is 6.07 Å². The highest BCUT2D eigenvalue weighted by Crippen LogP contribution is 2.37. The number of hydrogen-bond acceptors (Lipinski definition) is 2. The molecule has 0 saturated carbocycles. The van der Waals surface area contributed by atoms with E-state index < -0.39 is 11.7 Å². The molecule has 100 valence electrons. The number of rotatable bonds is 2. The van der Waals surface area contributed by atoms with E-state index in [4.69, 9.17) is 11.0 Å². The Kier molecular flexibility index (Phi) is 2.79. The highest BCUT2D eigenvalue weighted by atomic mass is 19.1. The van der Waals surface area contributed by atoms with E-state index in [1.807, 2.05) is 16.8 Å². The summed E-state index contributed by atoms with van der Waals surface area (Å²) in [4.78, 5) is 11.5. The molecule has 2 aromatic rings. The summed E-state index contributed by atoms with van der Waals surface area (Å²) in [7, 11) is 0. The van der Waals surface area contributed by atoms with Crippen molar-refractivity contribution in [2.75, 3.05) is 0 Å². The average Bonchev–Trinajstić information content (AvgIpc) is 3.00. The first-order valence-electron chi connectivity index (χ1n) is 6.30. The molecule has 5 heteroatoms. The summed E-state index contributed by atoms with van der Waals surface area (Å²) < 4.78 is 15.4. The predicted octanol–water partition coefficient (Wildman–Crippen LogP) is 2.13. The molecule has 0 radical (unpaired) electrons. The van der Waals surface area contributed by atoms with Crippen molar-refractivity contribution in [3.8, 4) is 6.07 Å². The first-order chi connectivity index (χ1) is 9.61. The van der Waals surface area contributed by atoms with Gasteiger partial charge in [0.05, 0.1) is 11.1 Å². The van der Waals surface area contributed by atoms with Crippen molar-refractivity contribution in [3.63, 3.8) is 0 Å². The van der Waals surface area contributed by atoms with Crippen LogP contribution >= 0.6 is 0 Å². The molecule has 0 aliphatic carbocycles. The maximum Gasteiger partial charge on any atom is 0.250 e. The lowest BCUT2D eigenvalue weighted by Crippen LogP contribution is -2.14. The molecule has 0 fully saturated rings. The van der Waals surface area contributed by atoms with Crippen LogP contribution in [0.15, 0.2) is 30.5 Å². The van der Waals surface area contributed by atoms with Crippen molar-refractivity contribution in [3.05, 3.63) is 58.7 Å². The Morgan fingerprint density at radius 3 is 2.95 bits per heavy atom. The fourth-order valence-corrected chi connectivity index (χ4v) is 2.85. The van der Waals surface area contributed by atoms with Crippen molar-refractivity contribution >= 4 is 5.91 Å². The minimum Gasteiger partial charge on any atom is -0.366 e. The van der Waals surface area contributed by atoms with Crippen LogP contribution < -0.4 is 5.73 Å². The number of aryl methyl sites for hydroxylation is 1. The van der Waals surface area contributed by atoms with Crippen molar-refractivity contribution in [2.24, 2.45) is 5.73 Å². The molecule has 2 N–H and O–H groups in total. The van der Waals surface area contributed by atoms with Gasteiger partial charge in [0.15, 0.2) is 0 Å². The molecule has 2 heterocycles. The van der Waals surface area contributed by atoms with E-state index in [-0.39, 0.29) is 11.5 Å². The average molecular weight is 269 g/mol. The van der Waals surface area contributed by atoms with Gasteiger partial charge in [0.1, 0.15) is 11.9 Å². The monoisotopic (exact) mass is 269 g/mol. The maximum absolute atomic E-state index is 13.4. The standard InChI is InChI=1S/C15H12FN3O/c16-13-2-1-9(7-10(13)8-17)11-3-5-19-6-4-12(14(11)19)15(18)20/h1-2,4,6-7,11H,3,5H2,(H2,18,20). The number of benzene rings is 1. The zero-order valence-corrected chi connectivity index (χ0v) is 10.6. The number of nitrogens with two attached hydrogens (primary N) is 1. The van der Waals surface area contributed by atoms with E-state index in [9.17, 15) is 9.18 Å². The third kappa shape index (κ3) is 1.77. The van der Waals surface area contributed by atoms with Gasteiger partial charge in [-0.1, -0.05) is 6.07 Å². The Morgan fingerprint density at radius 1 is 1.45 bits per heavy atom. The van der Waals surface area contributed by atoms with E-state index in [0.717, 1.165) is 24.2 Å². The molecular weight excluding hydrogens is 257 g/mol. The number of nitriles is 1. The van der Waals surface area contributed by atoms with Gasteiger partial charge in [0.25, 0.3) is 5.91 Å². The van der Waals surface area contributed by atoms with Crippen LogP contribution in [0.3, 0.4) is 0 Å². The summed E-state index contributed by atoms with van der Waals surface area (Å²) in [6.45, 7) is 0.784. The molecule has 1 atom stereocenters. The molecular formula is C15H12FN3O. The second-order valence-electron chi connectivity index (χ2n) is 4.86. The molecule has 20 heavy (non-hydrogen) atoms. The normalized spacial score (nSPS) is 16.7. The predicted molar refractivity (Wildman–Crippen MR) is 70.5 cm³/mol. The number of fused-ring (bicyclic) bond motifs is 1. The van der Waals surface area contributed by atoms with Gasteiger partial charge in [-0.15, -0.1) is 0 Å². The number of carbonyl (C=O) groups is 1. The van der Waals surface area contributed by atoms with Crippen LogP contribution in [0.25, 0.3) is 0 Å². The van der Waals surface area contributed by atoms with E-state index in [1.54, 1.807) is 18.2 Å². The fraction of sp³-hybridized carbons (Fsp3) is 0.200. The molecule has 0 spiro atoms. The van der Waals surface area contributed by atoms with E-state index >= 15 is 0 Å². The molecule has 1 unspecified atom stereocenters. The number of carbonyl (C=O) groups excluding carboxylic acids is 1. The first-order valence-corrected chi connectivity index (χ1v) is 6.30. The molecule has 1 aromatic heterocycles. The van der Waals surface area contributed by atoms with Gasteiger partial charge >= 0.3 is 0 Å². The SMILES string of the molecule is N#Cc1cc(C2CCn3ccc(C(N)=O)c32)ccc1F. The van der Waals surface area contributed by atoms with Crippen molar-refractivity contribution in [1.29, 1.82) is 5.26 Å². The van der Waals surface area contributed by atoms with Crippen LogP contribution in [-0.2, 0) is 6.54 Å². The number of primary amides is 1. The second-order valence-corrected chi connectivity index (χ2v) is 4.86. The Balaban J connectivity index is 2.09. The number of amides is 1. The van der Waals surface area contributed by atoms with Crippen LogP contribution in [0.2, 0.25) is 0 Å². The number of halogens is 1. The molecule has 0 bridgehead atoms. The van der Waals surface area contributed by atoms with Crippen LogP contribution in [0.4, 0.5) is 4.39 Å². The highest BCUT2D eigenvalue weighted by Gasteiger charge is 2.29. The molecule has 1 aromatic carbocycles. The van der Waals surface area contributed by atoms with Gasteiger partial charge in [0.2, 0.25) is 0 Å². The summed E-state index contributed by atoms with van der Waals surface area (Å²) in [5, 5.41) is 8.91. The lowest BCUT2D eigenvalue weighted by Gasteiger charge is -2.12. The summed E-state index contributed by atoms with van der Waals surface area (Å²) in [6, 6.07) is 8.05. The quantitative estimate of drug-likeness (QED) is 0.907. The number of hydrogen-bond donors (Lipinski definition) is 1. The Hall–Kier alpha value is -2.61. The Labute approximate surface area is 115 Å². The largest absolute Gasteiger partial charge is 0.366 e. The van der Waals surface area contributed by atoms with Gasteiger partial charge in [-0.05, 0) is 30.2 Å². The Bertz CT molecular complexity index is 742. The number of aromatic nitrogens is 1.